The quantitative estimate of drug-likeness (QED) is 0.457. The molecule has 0 spiro atoms. The van der Waals surface area contributed by atoms with E-state index in [0.29, 0.717) is 6.61 Å². The molecule has 1 radical (unpaired) electrons. The summed E-state index contributed by atoms with van der Waals surface area (Å²) in [5, 5.41) is 0. The summed E-state index contributed by atoms with van der Waals surface area (Å²) in [5.41, 5.74) is 0. The molecule has 0 saturated carbocycles. The molecular weight excluding hydrogens is 160 g/mol. The summed E-state index contributed by atoms with van der Waals surface area (Å²) < 4.78 is 4.79. The molecule has 0 aliphatic heterocycles. The first-order chi connectivity index (χ1) is 5.31. The van der Waals surface area contributed by atoms with Crippen LogP contribution in [-0.4, -0.2) is 18.3 Å². The van der Waals surface area contributed by atoms with Crippen molar-refractivity contribution in [2.75, 3.05) is 12.4 Å². The smallest absolute Gasteiger partial charge is 0.316 e. The van der Waals surface area contributed by atoms with Gasteiger partial charge in [-0.1, -0.05) is 38.8 Å². The fourth-order valence-electron chi connectivity index (χ4n) is 0.757. The van der Waals surface area contributed by atoms with Gasteiger partial charge in [-0.2, -0.15) is 0 Å². The van der Waals surface area contributed by atoms with E-state index in [-0.39, 0.29) is 11.7 Å². The molecule has 0 aromatic carbocycles. The third-order valence-electron chi connectivity index (χ3n) is 1.38. The van der Waals surface area contributed by atoms with Crippen molar-refractivity contribution in [2.45, 2.75) is 32.6 Å². The van der Waals surface area contributed by atoms with E-state index >= 15 is 0 Å². The van der Waals surface area contributed by atoms with Crippen LogP contribution < -0.4 is 0 Å². The number of unbranched alkanes of at least 4 members (excludes halogenated alkanes) is 3. The molecule has 11 heavy (non-hydrogen) atoms. The first-order valence-corrected chi connectivity index (χ1v) is 4.62. The van der Waals surface area contributed by atoms with E-state index in [9.17, 15) is 4.79 Å². The van der Waals surface area contributed by atoms with Crippen molar-refractivity contribution in [3.05, 3.63) is 0 Å². The van der Waals surface area contributed by atoms with Crippen LogP contribution >= 0.6 is 12.6 Å². The van der Waals surface area contributed by atoms with Crippen LogP contribution in [0.4, 0.5) is 0 Å². The van der Waals surface area contributed by atoms with E-state index in [1.807, 2.05) is 0 Å². The van der Waals surface area contributed by atoms with Gasteiger partial charge >= 0.3 is 5.97 Å². The van der Waals surface area contributed by atoms with E-state index in [0.717, 1.165) is 12.8 Å². The fraction of sp³-hybridized carbons (Fsp3) is 0.875. The second-order valence-corrected chi connectivity index (χ2v) is 2.71. The highest BCUT2D eigenvalue weighted by atomic mass is 32.1. The van der Waals surface area contributed by atoms with Crippen molar-refractivity contribution in [1.82, 2.24) is 0 Å². The molecule has 0 aliphatic rings. The molecule has 0 saturated heterocycles. The molecule has 0 unspecified atom stereocenters. The SMILES string of the molecule is CCCCCCOC(=O)C[S]. The molecule has 65 valence electrons. The Bertz CT molecular complexity index is 104. The highest BCUT2D eigenvalue weighted by Gasteiger charge is 1.97. The van der Waals surface area contributed by atoms with Gasteiger partial charge in [0, 0.05) is 0 Å². The molecule has 0 aliphatic carbocycles. The Hall–Kier alpha value is -0.180. The van der Waals surface area contributed by atoms with Crippen molar-refractivity contribution in [3.8, 4) is 0 Å². The predicted octanol–water partition coefficient (Wildman–Crippen LogP) is 2.31. The molecule has 0 amide bonds. The molecule has 2 nitrogen and oxygen atoms in total. The van der Waals surface area contributed by atoms with Crippen molar-refractivity contribution in [2.24, 2.45) is 0 Å². The Morgan fingerprint density at radius 1 is 1.36 bits per heavy atom. The van der Waals surface area contributed by atoms with Crippen LogP contribution in [0.2, 0.25) is 0 Å². The molecule has 0 aromatic heterocycles. The normalized spacial score (nSPS) is 9.64. The topological polar surface area (TPSA) is 26.3 Å². The van der Waals surface area contributed by atoms with Crippen molar-refractivity contribution >= 4 is 18.6 Å². The maximum atomic E-state index is 10.5. The summed E-state index contributed by atoms with van der Waals surface area (Å²) in [6.45, 7) is 2.69. The summed E-state index contributed by atoms with van der Waals surface area (Å²) in [4.78, 5) is 10.5. The van der Waals surface area contributed by atoms with Crippen molar-refractivity contribution in [1.29, 1.82) is 0 Å². The lowest BCUT2D eigenvalue weighted by Crippen LogP contribution is -2.06. The van der Waals surface area contributed by atoms with Crippen LogP contribution in [-0.2, 0) is 9.53 Å². The average molecular weight is 175 g/mol. The minimum atomic E-state index is -0.267. The van der Waals surface area contributed by atoms with Gasteiger partial charge in [0.15, 0.2) is 0 Å². The van der Waals surface area contributed by atoms with E-state index in [1.165, 1.54) is 12.8 Å². The molecule has 0 fully saturated rings. The van der Waals surface area contributed by atoms with Gasteiger partial charge in [0.2, 0.25) is 0 Å². The number of carbonyl (C=O) groups excluding carboxylic acids is 1. The van der Waals surface area contributed by atoms with E-state index in [2.05, 4.69) is 19.6 Å². The first-order valence-electron chi connectivity index (χ1n) is 4.05. The Morgan fingerprint density at radius 2 is 2.09 bits per heavy atom. The molecule has 3 heteroatoms. The highest BCUT2D eigenvalue weighted by Crippen LogP contribution is 1.98. The zero-order valence-electron chi connectivity index (χ0n) is 6.97. The third kappa shape index (κ3) is 7.72. The zero-order chi connectivity index (χ0) is 8.53. The van der Waals surface area contributed by atoms with Crippen molar-refractivity contribution < 1.29 is 9.53 Å². The molecule has 0 rings (SSSR count). The lowest BCUT2D eigenvalue weighted by atomic mass is 10.2. The van der Waals surface area contributed by atoms with Crippen molar-refractivity contribution in [3.63, 3.8) is 0 Å². The monoisotopic (exact) mass is 175 g/mol. The maximum Gasteiger partial charge on any atom is 0.316 e. The maximum absolute atomic E-state index is 10.5. The number of hydrogen-bond acceptors (Lipinski definition) is 2. The van der Waals surface area contributed by atoms with Crippen LogP contribution in [0, 0.1) is 0 Å². The van der Waals surface area contributed by atoms with Crippen LogP contribution in [0.15, 0.2) is 0 Å². The van der Waals surface area contributed by atoms with Crippen LogP contribution in [0.5, 0.6) is 0 Å². The minimum absolute atomic E-state index is 0.0772. The standard InChI is InChI=1S/C8H15O2S/c1-2-3-4-5-6-10-8(9)7-11/h2-7H2,1H3. The average Bonchev–Trinajstić information content (AvgIpc) is 2.04. The van der Waals surface area contributed by atoms with Crippen LogP contribution in [0.1, 0.15) is 32.6 Å². The summed E-state index contributed by atoms with van der Waals surface area (Å²) in [6.07, 6.45) is 4.52. The van der Waals surface area contributed by atoms with Gasteiger partial charge in [-0.3, -0.25) is 4.79 Å². The lowest BCUT2D eigenvalue weighted by molar-refractivity contribution is -0.140. The van der Waals surface area contributed by atoms with E-state index in [4.69, 9.17) is 4.74 Å². The summed E-state index contributed by atoms with van der Waals surface area (Å²) >= 11 is 4.50. The Labute approximate surface area is 73.7 Å². The third-order valence-corrected chi connectivity index (χ3v) is 1.61. The Morgan fingerprint density at radius 3 is 2.64 bits per heavy atom. The fourth-order valence-corrected chi connectivity index (χ4v) is 0.840. The van der Waals surface area contributed by atoms with Gasteiger partial charge in [-0.25, -0.2) is 0 Å². The van der Waals surface area contributed by atoms with E-state index in [1.54, 1.807) is 0 Å². The van der Waals surface area contributed by atoms with Gasteiger partial charge < -0.3 is 4.74 Å². The molecular formula is C8H15O2S. The van der Waals surface area contributed by atoms with Gasteiger partial charge in [0.1, 0.15) is 5.75 Å². The van der Waals surface area contributed by atoms with Gasteiger partial charge in [-0.15, -0.1) is 0 Å². The minimum Gasteiger partial charge on any atom is -0.465 e. The molecule has 0 aromatic rings. The second kappa shape index (κ2) is 7.92. The summed E-state index contributed by atoms with van der Waals surface area (Å²) in [7, 11) is 0. The Balaban J connectivity index is 2.95. The number of carbonyl (C=O) groups is 1. The number of esters is 1. The Kier molecular flexibility index (Phi) is 7.79. The zero-order valence-corrected chi connectivity index (χ0v) is 7.78. The van der Waals surface area contributed by atoms with Crippen LogP contribution in [0.3, 0.4) is 0 Å². The van der Waals surface area contributed by atoms with Gasteiger partial charge in [0.05, 0.1) is 6.61 Å². The lowest BCUT2D eigenvalue weighted by Gasteiger charge is -2.00. The highest BCUT2D eigenvalue weighted by molar-refractivity contribution is 7.81. The number of hydrogen-bond donors (Lipinski definition) is 0. The summed E-state index contributed by atoms with van der Waals surface area (Å²) in [5.74, 6) is -0.190. The molecule has 0 bridgehead atoms. The molecule has 0 heterocycles. The largest absolute Gasteiger partial charge is 0.465 e. The predicted molar refractivity (Wildman–Crippen MR) is 47.6 cm³/mol. The molecule has 0 N–H and O–H groups in total. The van der Waals surface area contributed by atoms with Gasteiger partial charge in [0.25, 0.3) is 0 Å². The number of ether oxygens (including phenoxy) is 1. The number of rotatable bonds is 6. The van der Waals surface area contributed by atoms with Crippen LogP contribution in [0.25, 0.3) is 0 Å². The molecule has 0 atom stereocenters. The van der Waals surface area contributed by atoms with Gasteiger partial charge in [-0.05, 0) is 6.42 Å². The van der Waals surface area contributed by atoms with E-state index < -0.39 is 0 Å². The summed E-state index contributed by atoms with van der Waals surface area (Å²) in [6, 6.07) is 0. The second-order valence-electron chi connectivity index (χ2n) is 2.43. The first kappa shape index (κ1) is 10.8.